The number of hydrogen-bond donors (Lipinski definition) is 2. The summed E-state index contributed by atoms with van der Waals surface area (Å²) in [5, 5.41) is 8.93. The highest BCUT2D eigenvalue weighted by Gasteiger charge is 2.15. The fraction of sp³-hybridized carbons (Fsp3) is 0.421. The maximum atomic E-state index is 4.71. The molecular weight excluding hydrogens is 316 g/mol. The highest BCUT2D eigenvalue weighted by molar-refractivity contribution is 7.10. The predicted molar refractivity (Wildman–Crippen MR) is 105 cm³/mol. The van der Waals surface area contributed by atoms with Crippen LogP contribution in [0.3, 0.4) is 0 Å². The second-order valence-corrected chi connectivity index (χ2v) is 7.04. The lowest BCUT2D eigenvalue weighted by Crippen LogP contribution is -2.41. The molecule has 0 saturated carbocycles. The van der Waals surface area contributed by atoms with E-state index in [1.807, 2.05) is 0 Å². The zero-order valence-electron chi connectivity index (χ0n) is 15.0. The number of aliphatic imine (C=N–C) groups is 1. The van der Waals surface area contributed by atoms with Crippen molar-refractivity contribution >= 4 is 17.3 Å². The molecule has 1 heterocycles. The molecule has 0 aliphatic carbocycles. The Morgan fingerprint density at radius 1 is 1.17 bits per heavy atom. The van der Waals surface area contributed by atoms with Gasteiger partial charge < -0.3 is 15.5 Å². The van der Waals surface area contributed by atoms with Gasteiger partial charge in [-0.15, -0.1) is 11.3 Å². The number of likely N-dealkylation sites (N-methyl/N-ethyl adjacent to an activating group) is 1. The van der Waals surface area contributed by atoms with E-state index in [9.17, 15) is 0 Å². The summed E-state index contributed by atoms with van der Waals surface area (Å²) in [5.74, 6) is 0.862. The van der Waals surface area contributed by atoms with E-state index in [0.717, 1.165) is 19.0 Å². The Kier molecular flexibility index (Phi) is 7.28. The minimum atomic E-state index is 0.341. The molecule has 0 spiro atoms. The Labute approximate surface area is 149 Å². The van der Waals surface area contributed by atoms with Crippen LogP contribution >= 0.6 is 11.3 Å². The summed E-state index contributed by atoms with van der Waals surface area (Å²) in [6.07, 6.45) is 0. The average Bonchev–Trinajstić information content (AvgIpc) is 3.08. The van der Waals surface area contributed by atoms with E-state index in [0.29, 0.717) is 12.6 Å². The Bertz CT molecular complexity index is 617. The summed E-state index contributed by atoms with van der Waals surface area (Å²) >= 11 is 1.79. The molecule has 4 nitrogen and oxygen atoms in total. The topological polar surface area (TPSA) is 39.7 Å². The number of benzene rings is 1. The van der Waals surface area contributed by atoms with Gasteiger partial charge in [0.25, 0.3) is 0 Å². The molecule has 1 unspecified atom stereocenters. The fourth-order valence-electron chi connectivity index (χ4n) is 2.42. The molecule has 0 aliphatic rings. The molecular formula is C19H28N4S. The van der Waals surface area contributed by atoms with Gasteiger partial charge in [-0.1, -0.05) is 35.9 Å². The molecule has 0 bridgehead atoms. The van der Waals surface area contributed by atoms with E-state index < -0.39 is 0 Å². The summed E-state index contributed by atoms with van der Waals surface area (Å²) in [4.78, 5) is 8.31. The smallest absolute Gasteiger partial charge is 0.191 e. The van der Waals surface area contributed by atoms with Crippen molar-refractivity contribution in [3.05, 3.63) is 57.8 Å². The van der Waals surface area contributed by atoms with Gasteiger partial charge >= 0.3 is 0 Å². The van der Waals surface area contributed by atoms with Crippen LogP contribution in [0.2, 0.25) is 0 Å². The van der Waals surface area contributed by atoms with Gasteiger partial charge in [0.05, 0.1) is 12.6 Å². The Morgan fingerprint density at radius 3 is 2.50 bits per heavy atom. The fourth-order valence-corrected chi connectivity index (χ4v) is 3.34. The first-order valence-electron chi connectivity index (χ1n) is 8.37. The van der Waals surface area contributed by atoms with Crippen molar-refractivity contribution in [1.29, 1.82) is 0 Å². The van der Waals surface area contributed by atoms with Crippen molar-refractivity contribution in [3.63, 3.8) is 0 Å². The van der Waals surface area contributed by atoms with Crippen molar-refractivity contribution in [2.24, 2.45) is 4.99 Å². The summed E-state index contributed by atoms with van der Waals surface area (Å²) in [7, 11) is 4.23. The van der Waals surface area contributed by atoms with Crippen LogP contribution in [-0.2, 0) is 6.54 Å². The maximum absolute atomic E-state index is 4.71. The van der Waals surface area contributed by atoms with Crippen LogP contribution < -0.4 is 10.6 Å². The van der Waals surface area contributed by atoms with Gasteiger partial charge in [0, 0.05) is 18.0 Å². The highest BCUT2D eigenvalue weighted by Crippen LogP contribution is 2.22. The van der Waals surface area contributed by atoms with Gasteiger partial charge in [0.2, 0.25) is 0 Å². The third kappa shape index (κ3) is 5.65. The molecule has 130 valence electrons. The second-order valence-electron chi connectivity index (χ2n) is 6.06. The quantitative estimate of drug-likeness (QED) is 0.597. The second kappa shape index (κ2) is 9.45. The number of rotatable bonds is 7. The Morgan fingerprint density at radius 2 is 1.92 bits per heavy atom. The standard InChI is InChI=1S/C19H28N4S/c1-5-20-19(21-13-16-10-8-15(2)9-11-16)22-14-17(23(3)4)18-7-6-12-24-18/h6-12,17H,5,13-14H2,1-4H3,(H2,20,21,22). The molecule has 1 aromatic carbocycles. The Hall–Kier alpha value is -1.85. The number of hydrogen-bond acceptors (Lipinski definition) is 3. The van der Waals surface area contributed by atoms with Gasteiger partial charge in [-0.2, -0.15) is 0 Å². The summed E-state index contributed by atoms with van der Waals surface area (Å²) in [6.45, 7) is 6.55. The number of thiophene rings is 1. The molecule has 0 saturated heterocycles. The van der Waals surface area contributed by atoms with Crippen molar-refractivity contribution < 1.29 is 0 Å². The van der Waals surface area contributed by atoms with Crippen LogP contribution in [0.25, 0.3) is 0 Å². The Balaban J connectivity index is 1.99. The van der Waals surface area contributed by atoms with Crippen LogP contribution in [0.5, 0.6) is 0 Å². The molecule has 0 fully saturated rings. The van der Waals surface area contributed by atoms with Crippen LogP contribution in [0.15, 0.2) is 46.8 Å². The molecule has 0 radical (unpaired) electrons. The van der Waals surface area contributed by atoms with Gasteiger partial charge in [-0.05, 0) is 45.0 Å². The lowest BCUT2D eigenvalue weighted by atomic mass is 10.1. The third-order valence-corrected chi connectivity index (χ3v) is 4.82. The summed E-state index contributed by atoms with van der Waals surface area (Å²) in [5.41, 5.74) is 2.50. The molecule has 2 rings (SSSR count). The SMILES string of the molecule is CCNC(=NCc1ccc(C)cc1)NCC(c1cccs1)N(C)C. The number of nitrogens with one attached hydrogen (secondary N) is 2. The molecule has 5 heteroatoms. The lowest BCUT2D eigenvalue weighted by molar-refractivity contribution is 0.302. The number of nitrogens with zero attached hydrogens (tertiary/aromatic N) is 2. The van der Waals surface area contributed by atoms with Crippen molar-refractivity contribution in [2.45, 2.75) is 26.4 Å². The summed E-state index contributed by atoms with van der Waals surface area (Å²) < 4.78 is 0. The van der Waals surface area contributed by atoms with E-state index in [4.69, 9.17) is 4.99 Å². The van der Waals surface area contributed by atoms with Crippen molar-refractivity contribution in [1.82, 2.24) is 15.5 Å². The number of aryl methyl sites for hydroxylation is 1. The minimum Gasteiger partial charge on any atom is -0.357 e. The lowest BCUT2D eigenvalue weighted by Gasteiger charge is -2.24. The van der Waals surface area contributed by atoms with Crippen molar-refractivity contribution in [2.75, 3.05) is 27.2 Å². The molecule has 2 aromatic rings. The first-order chi connectivity index (χ1) is 11.6. The first-order valence-corrected chi connectivity index (χ1v) is 9.25. The van der Waals surface area contributed by atoms with Crippen LogP contribution in [0.4, 0.5) is 0 Å². The number of guanidine groups is 1. The van der Waals surface area contributed by atoms with Gasteiger partial charge in [-0.3, -0.25) is 0 Å². The molecule has 24 heavy (non-hydrogen) atoms. The molecule has 1 atom stereocenters. The monoisotopic (exact) mass is 344 g/mol. The van der Waals surface area contributed by atoms with E-state index >= 15 is 0 Å². The van der Waals surface area contributed by atoms with E-state index in [1.54, 1.807) is 11.3 Å². The van der Waals surface area contributed by atoms with Gasteiger partial charge in [-0.25, -0.2) is 4.99 Å². The maximum Gasteiger partial charge on any atom is 0.191 e. The minimum absolute atomic E-state index is 0.341. The van der Waals surface area contributed by atoms with E-state index in [2.05, 4.69) is 85.3 Å². The molecule has 0 aliphatic heterocycles. The average molecular weight is 345 g/mol. The van der Waals surface area contributed by atoms with E-state index in [-0.39, 0.29) is 0 Å². The zero-order chi connectivity index (χ0) is 17.4. The normalized spacial score (nSPS) is 13.1. The van der Waals surface area contributed by atoms with Gasteiger partial charge in [0.1, 0.15) is 0 Å². The first kappa shape index (κ1) is 18.5. The third-order valence-electron chi connectivity index (χ3n) is 3.84. The van der Waals surface area contributed by atoms with Crippen LogP contribution in [-0.4, -0.2) is 38.0 Å². The van der Waals surface area contributed by atoms with Crippen LogP contribution in [0.1, 0.15) is 29.0 Å². The van der Waals surface area contributed by atoms with Crippen LogP contribution in [0, 0.1) is 6.92 Å². The highest BCUT2D eigenvalue weighted by atomic mass is 32.1. The van der Waals surface area contributed by atoms with Gasteiger partial charge in [0.15, 0.2) is 5.96 Å². The molecule has 1 aromatic heterocycles. The van der Waals surface area contributed by atoms with Crippen molar-refractivity contribution in [3.8, 4) is 0 Å². The van der Waals surface area contributed by atoms with E-state index in [1.165, 1.54) is 16.0 Å². The predicted octanol–water partition coefficient (Wildman–Crippen LogP) is 3.41. The summed E-state index contributed by atoms with van der Waals surface area (Å²) in [6, 6.07) is 13.2. The zero-order valence-corrected chi connectivity index (χ0v) is 15.9. The molecule has 0 amide bonds. The molecule has 2 N–H and O–H groups in total. The largest absolute Gasteiger partial charge is 0.357 e.